The van der Waals surface area contributed by atoms with Crippen molar-refractivity contribution in [2.24, 2.45) is 11.7 Å². The highest BCUT2D eigenvalue weighted by Crippen LogP contribution is 2.26. The molecule has 0 saturated heterocycles. The van der Waals surface area contributed by atoms with Gasteiger partial charge in [-0.05, 0) is 48.9 Å². The maximum absolute atomic E-state index is 12.1. The number of rotatable bonds is 7. The van der Waals surface area contributed by atoms with Crippen molar-refractivity contribution in [3.8, 4) is 5.75 Å². The van der Waals surface area contributed by atoms with Crippen LogP contribution in [0.3, 0.4) is 0 Å². The fourth-order valence-corrected chi connectivity index (χ4v) is 3.50. The molecular formula is C22H28N2O2. The van der Waals surface area contributed by atoms with Gasteiger partial charge >= 0.3 is 0 Å². The summed E-state index contributed by atoms with van der Waals surface area (Å²) in [4.78, 5) is 12.1. The Morgan fingerprint density at radius 1 is 1.15 bits per heavy atom. The van der Waals surface area contributed by atoms with E-state index in [-0.39, 0.29) is 11.9 Å². The molecule has 4 nitrogen and oxygen atoms in total. The van der Waals surface area contributed by atoms with Gasteiger partial charge in [0.25, 0.3) is 0 Å². The lowest BCUT2D eigenvalue weighted by Gasteiger charge is -2.15. The third kappa shape index (κ3) is 5.33. The molecule has 1 fully saturated rings. The molecule has 0 radical (unpaired) electrons. The monoisotopic (exact) mass is 352 g/mol. The lowest BCUT2D eigenvalue weighted by Crippen LogP contribution is -2.31. The van der Waals surface area contributed by atoms with Gasteiger partial charge < -0.3 is 15.8 Å². The van der Waals surface area contributed by atoms with Crippen LogP contribution in [-0.4, -0.2) is 11.9 Å². The molecule has 0 aromatic heterocycles. The summed E-state index contributed by atoms with van der Waals surface area (Å²) >= 11 is 0. The van der Waals surface area contributed by atoms with Gasteiger partial charge in [-0.3, -0.25) is 4.79 Å². The third-order valence-corrected chi connectivity index (χ3v) is 5.07. The summed E-state index contributed by atoms with van der Waals surface area (Å²) in [6, 6.07) is 16.4. The Bertz CT molecular complexity index is 727. The molecule has 0 heterocycles. The molecule has 1 amide bonds. The Labute approximate surface area is 155 Å². The van der Waals surface area contributed by atoms with Gasteiger partial charge in [-0.2, -0.15) is 0 Å². The van der Waals surface area contributed by atoms with Crippen LogP contribution in [0.25, 0.3) is 0 Å². The first-order valence-electron chi connectivity index (χ1n) is 9.40. The summed E-state index contributed by atoms with van der Waals surface area (Å²) in [5.74, 6) is 1.26. The van der Waals surface area contributed by atoms with Crippen LogP contribution in [0.4, 0.5) is 0 Å². The molecule has 1 saturated carbocycles. The topological polar surface area (TPSA) is 64.3 Å². The van der Waals surface area contributed by atoms with Crippen molar-refractivity contribution in [2.75, 3.05) is 0 Å². The zero-order chi connectivity index (χ0) is 18.4. The Kier molecular flexibility index (Phi) is 6.29. The molecule has 1 aliphatic carbocycles. The average molecular weight is 352 g/mol. The van der Waals surface area contributed by atoms with Gasteiger partial charge in [0, 0.05) is 19.0 Å². The molecule has 2 atom stereocenters. The number of carbonyl (C=O) groups excluding carboxylic acids is 1. The van der Waals surface area contributed by atoms with Crippen LogP contribution in [0.15, 0.2) is 48.5 Å². The second kappa shape index (κ2) is 8.86. The van der Waals surface area contributed by atoms with E-state index in [9.17, 15) is 4.79 Å². The van der Waals surface area contributed by atoms with E-state index in [1.807, 2.05) is 30.3 Å². The Morgan fingerprint density at radius 3 is 2.65 bits per heavy atom. The van der Waals surface area contributed by atoms with E-state index in [2.05, 4.69) is 30.4 Å². The quantitative estimate of drug-likeness (QED) is 0.798. The van der Waals surface area contributed by atoms with Gasteiger partial charge in [-0.25, -0.2) is 0 Å². The number of nitrogens with one attached hydrogen (secondary N) is 1. The largest absolute Gasteiger partial charge is 0.489 e. The first kappa shape index (κ1) is 18.5. The first-order valence-corrected chi connectivity index (χ1v) is 9.40. The molecule has 138 valence electrons. The molecule has 0 bridgehead atoms. The van der Waals surface area contributed by atoms with E-state index in [1.54, 1.807) is 0 Å². The highest BCUT2D eigenvalue weighted by atomic mass is 16.5. The van der Waals surface area contributed by atoms with Crippen LogP contribution in [0.2, 0.25) is 0 Å². The second-order valence-electron chi connectivity index (χ2n) is 7.26. The number of amides is 1. The molecule has 3 N–H and O–H groups in total. The van der Waals surface area contributed by atoms with Crippen LogP contribution in [0.5, 0.6) is 5.75 Å². The molecule has 1 aliphatic rings. The molecule has 2 aromatic rings. The minimum atomic E-state index is 0.0899. The van der Waals surface area contributed by atoms with Gasteiger partial charge in [-0.15, -0.1) is 0 Å². The van der Waals surface area contributed by atoms with Crippen molar-refractivity contribution in [3.63, 3.8) is 0 Å². The Morgan fingerprint density at radius 2 is 1.96 bits per heavy atom. The summed E-state index contributed by atoms with van der Waals surface area (Å²) in [6.07, 6.45) is 3.80. The van der Waals surface area contributed by atoms with E-state index in [1.165, 1.54) is 5.56 Å². The van der Waals surface area contributed by atoms with Gasteiger partial charge in [0.2, 0.25) is 5.91 Å². The number of aryl methyl sites for hydroxylation is 1. The predicted molar refractivity (Wildman–Crippen MR) is 104 cm³/mol. The number of hydrogen-bond donors (Lipinski definition) is 2. The van der Waals surface area contributed by atoms with Crippen LogP contribution in [-0.2, 0) is 17.9 Å². The number of carbonyl (C=O) groups is 1. The molecule has 0 aliphatic heterocycles. The summed E-state index contributed by atoms with van der Waals surface area (Å²) in [5, 5.41) is 2.99. The highest BCUT2D eigenvalue weighted by Gasteiger charge is 2.25. The van der Waals surface area contributed by atoms with E-state index in [0.29, 0.717) is 25.5 Å². The summed E-state index contributed by atoms with van der Waals surface area (Å²) in [6.45, 7) is 3.17. The van der Waals surface area contributed by atoms with E-state index in [4.69, 9.17) is 10.5 Å². The molecule has 26 heavy (non-hydrogen) atoms. The maximum Gasteiger partial charge on any atom is 0.220 e. The number of hydrogen-bond acceptors (Lipinski definition) is 3. The van der Waals surface area contributed by atoms with Gasteiger partial charge in [-0.1, -0.05) is 48.4 Å². The van der Waals surface area contributed by atoms with Crippen LogP contribution < -0.4 is 15.8 Å². The van der Waals surface area contributed by atoms with Crippen molar-refractivity contribution in [1.82, 2.24) is 5.32 Å². The lowest BCUT2D eigenvalue weighted by molar-refractivity contribution is -0.122. The molecule has 2 aromatic carbocycles. The van der Waals surface area contributed by atoms with Crippen LogP contribution in [0.1, 0.15) is 42.4 Å². The van der Waals surface area contributed by atoms with E-state index in [0.717, 1.165) is 36.1 Å². The maximum atomic E-state index is 12.1. The highest BCUT2D eigenvalue weighted by molar-refractivity contribution is 5.76. The van der Waals surface area contributed by atoms with Crippen molar-refractivity contribution in [3.05, 3.63) is 65.2 Å². The van der Waals surface area contributed by atoms with E-state index >= 15 is 0 Å². The predicted octanol–water partition coefficient (Wildman–Crippen LogP) is 3.71. The molecular weight excluding hydrogens is 324 g/mol. The summed E-state index contributed by atoms with van der Waals surface area (Å²) < 4.78 is 5.83. The zero-order valence-corrected chi connectivity index (χ0v) is 15.4. The third-order valence-electron chi connectivity index (χ3n) is 5.07. The van der Waals surface area contributed by atoms with Crippen molar-refractivity contribution >= 4 is 5.91 Å². The lowest BCUT2D eigenvalue weighted by atomic mass is 10.00. The Balaban J connectivity index is 1.43. The fourth-order valence-electron chi connectivity index (χ4n) is 3.50. The van der Waals surface area contributed by atoms with Crippen LogP contribution in [0, 0.1) is 12.8 Å². The molecule has 0 spiro atoms. The van der Waals surface area contributed by atoms with Gasteiger partial charge in [0.1, 0.15) is 12.4 Å². The summed E-state index contributed by atoms with van der Waals surface area (Å²) in [5.41, 5.74) is 9.49. The number of nitrogens with two attached hydrogens (primary N) is 1. The number of benzene rings is 2. The number of ether oxygens (including phenoxy) is 1. The van der Waals surface area contributed by atoms with Gasteiger partial charge in [0.15, 0.2) is 0 Å². The van der Waals surface area contributed by atoms with Crippen LogP contribution >= 0.6 is 0 Å². The minimum absolute atomic E-state index is 0.0899. The SMILES string of the molecule is Cc1cccc(COc2ccc(CNC(=O)C[C@@H]3CCC[C@H]3N)cc2)c1. The van der Waals surface area contributed by atoms with E-state index < -0.39 is 0 Å². The normalized spacial score (nSPS) is 19.3. The standard InChI is InChI=1S/C22H28N2O2/c1-16-4-2-5-18(12-16)15-26-20-10-8-17(9-11-20)14-24-22(25)13-19-6-3-7-21(19)23/h2,4-5,8-12,19,21H,3,6-7,13-15,23H2,1H3,(H,24,25)/t19-,21+/m0/s1. The zero-order valence-electron chi connectivity index (χ0n) is 15.4. The smallest absolute Gasteiger partial charge is 0.220 e. The van der Waals surface area contributed by atoms with Crippen molar-refractivity contribution in [2.45, 2.75) is 51.8 Å². The minimum Gasteiger partial charge on any atom is -0.489 e. The second-order valence-corrected chi connectivity index (χ2v) is 7.26. The van der Waals surface area contributed by atoms with Gasteiger partial charge in [0.05, 0.1) is 0 Å². The first-order chi connectivity index (χ1) is 12.6. The average Bonchev–Trinajstić information content (AvgIpc) is 3.04. The molecule has 4 heteroatoms. The molecule has 3 rings (SSSR count). The Hall–Kier alpha value is -2.33. The summed E-state index contributed by atoms with van der Waals surface area (Å²) in [7, 11) is 0. The van der Waals surface area contributed by atoms with Crippen molar-refractivity contribution < 1.29 is 9.53 Å². The van der Waals surface area contributed by atoms with Crippen molar-refractivity contribution in [1.29, 1.82) is 0 Å². The molecule has 0 unspecified atom stereocenters. The fraction of sp³-hybridized carbons (Fsp3) is 0.409.